The van der Waals surface area contributed by atoms with Crippen molar-refractivity contribution in [2.24, 2.45) is 5.92 Å². The molecule has 266 valence electrons. The maximum Gasteiger partial charge on any atom is 0.264 e. The molecule has 13 heteroatoms. The van der Waals surface area contributed by atoms with E-state index in [1.807, 2.05) is 99.1 Å². The van der Waals surface area contributed by atoms with Gasteiger partial charge >= 0.3 is 0 Å². The summed E-state index contributed by atoms with van der Waals surface area (Å²) < 4.78 is 14.3. The van der Waals surface area contributed by atoms with Crippen LogP contribution in [-0.2, 0) is 45.9 Å². The van der Waals surface area contributed by atoms with Crippen molar-refractivity contribution in [3.8, 4) is 5.75 Å². The molecule has 2 aliphatic heterocycles. The first-order valence-corrected chi connectivity index (χ1v) is 20.4. The lowest BCUT2D eigenvalue weighted by Gasteiger charge is -2.32. The zero-order valence-electron chi connectivity index (χ0n) is 29.3. The first kappa shape index (κ1) is 34.6. The maximum atomic E-state index is 14.9. The third-order valence-electron chi connectivity index (χ3n) is 10.4. The first-order chi connectivity index (χ1) is 24.5. The Hall–Kier alpha value is -4.82. The fourth-order valence-electron chi connectivity index (χ4n) is 8.13. The van der Waals surface area contributed by atoms with Gasteiger partial charge in [-0.3, -0.25) is 14.3 Å². The smallest absolute Gasteiger partial charge is 0.264 e. The van der Waals surface area contributed by atoms with E-state index >= 15 is 0 Å². The van der Waals surface area contributed by atoms with Gasteiger partial charge in [-0.15, -0.1) is 5.10 Å². The quantitative estimate of drug-likeness (QED) is 0.133. The number of aryl methyl sites for hydroxylation is 1. The summed E-state index contributed by atoms with van der Waals surface area (Å²) in [4.78, 5) is 44.6. The van der Waals surface area contributed by atoms with Gasteiger partial charge in [0.15, 0.2) is 13.9 Å². The Kier molecular flexibility index (Phi) is 9.31. The number of methoxy groups -OCH3 is 1. The molecule has 4 heterocycles. The van der Waals surface area contributed by atoms with Crippen LogP contribution >= 0.6 is 0 Å². The van der Waals surface area contributed by atoms with E-state index in [0.717, 1.165) is 33.3 Å². The molecule has 4 atom stereocenters. The van der Waals surface area contributed by atoms with E-state index in [4.69, 9.17) is 9.47 Å². The van der Waals surface area contributed by atoms with Crippen molar-refractivity contribution in [2.45, 2.75) is 69.6 Å². The molecular formula is C38H44N6O6Si. The minimum Gasteiger partial charge on any atom is -0.497 e. The Bertz CT molecular complexity index is 2070. The molecule has 0 radical (unpaired) electrons. The number of hydrogen-bond donors (Lipinski definition) is 4. The molecule has 1 spiro atoms. The summed E-state index contributed by atoms with van der Waals surface area (Å²) in [7, 11) is -1.27. The number of aromatic nitrogens is 4. The number of nitrogens with one attached hydrogen (secondary N) is 2. The van der Waals surface area contributed by atoms with Gasteiger partial charge in [0.1, 0.15) is 5.75 Å². The standard InChI is InChI=1S/C38H44N6O6Si/c1-24-36(51(3,4)48)34(14-16-43-23-28(15-17-45)41-42-43)50-38(24)31-20-29(49-2)12-13-33(31)44(37(38)47)22-25-8-7-9-27(18-25)40-35(46)19-26-21-39-32-11-6-5-10-30(26)32/h5-13,18,20-21,23-24,34,36,39,45,48H,14-17,19,22H2,1-4H3,(H,40,46)/t24-,34+,36-,38+/m0/s1. The van der Waals surface area contributed by atoms with Crippen molar-refractivity contribution < 1.29 is 29.0 Å². The second-order valence-corrected chi connectivity index (χ2v) is 18.1. The number of amides is 2. The lowest BCUT2D eigenvalue weighted by molar-refractivity contribution is -0.146. The zero-order chi connectivity index (χ0) is 35.9. The number of aliphatic hydroxyl groups excluding tert-OH is 1. The first-order valence-electron chi connectivity index (χ1n) is 17.4. The molecule has 2 aliphatic rings. The number of anilines is 2. The lowest BCUT2D eigenvalue weighted by Crippen LogP contribution is -2.46. The van der Waals surface area contributed by atoms with Crippen LogP contribution < -0.4 is 15.0 Å². The van der Waals surface area contributed by atoms with E-state index in [2.05, 4.69) is 20.6 Å². The molecule has 0 aliphatic carbocycles. The highest BCUT2D eigenvalue weighted by atomic mass is 28.4. The number of rotatable bonds is 12. The van der Waals surface area contributed by atoms with E-state index < -0.39 is 20.0 Å². The van der Waals surface area contributed by atoms with Gasteiger partial charge < -0.3 is 34.6 Å². The molecule has 3 aromatic carbocycles. The van der Waals surface area contributed by atoms with Crippen LogP contribution in [-0.4, -0.2) is 69.8 Å². The van der Waals surface area contributed by atoms with Crippen molar-refractivity contribution in [1.82, 2.24) is 20.0 Å². The Morgan fingerprint density at radius 3 is 2.75 bits per heavy atom. The molecule has 12 nitrogen and oxygen atoms in total. The Labute approximate surface area is 297 Å². The third kappa shape index (κ3) is 6.46. The summed E-state index contributed by atoms with van der Waals surface area (Å²) in [6.07, 6.45) is 4.41. The van der Waals surface area contributed by atoms with E-state index in [1.165, 1.54) is 0 Å². The van der Waals surface area contributed by atoms with E-state index in [0.29, 0.717) is 36.5 Å². The molecule has 1 fully saturated rings. The van der Waals surface area contributed by atoms with Gasteiger partial charge in [0.05, 0.1) is 37.6 Å². The highest BCUT2D eigenvalue weighted by molar-refractivity contribution is 6.71. The summed E-state index contributed by atoms with van der Waals surface area (Å²) in [5.41, 5.74) is 3.95. The molecule has 51 heavy (non-hydrogen) atoms. The number of hydrogen-bond acceptors (Lipinski definition) is 8. The molecule has 2 aromatic heterocycles. The normalized spacial score (nSPS) is 21.5. The predicted octanol–water partition coefficient (Wildman–Crippen LogP) is 4.92. The third-order valence-corrected chi connectivity index (χ3v) is 12.9. The minimum atomic E-state index is -2.87. The van der Waals surface area contributed by atoms with Crippen LogP contribution in [0.25, 0.3) is 10.9 Å². The van der Waals surface area contributed by atoms with Crippen LogP contribution in [0.2, 0.25) is 18.6 Å². The molecule has 2 amide bonds. The number of carbonyl (C=O) groups excluding carboxylic acids is 2. The average molecular weight is 709 g/mol. The van der Waals surface area contributed by atoms with Gasteiger partial charge in [-0.2, -0.15) is 0 Å². The van der Waals surface area contributed by atoms with Crippen molar-refractivity contribution >= 4 is 42.4 Å². The molecule has 7 rings (SSSR count). The van der Waals surface area contributed by atoms with E-state index in [1.54, 1.807) is 16.7 Å². The molecule has 5 aromatic rings. The van der Waals surface area contributed by atoms with E-state index in [9.17, 15) is 19.5 Å². The molecule has 0 saturated carbocycles. The number of aliphatic hydroxyl groups is 1. The van der Waals surface area contributed by atoms with Crippen LogP contribution in [0.15, 0.2) is 79.1 Å². The highest BCUT2D eigenvalue weighted by Gasteiger charge is 2.66. The summed E-state index contributed by atoms with van der Waals surface area (Å²) in [6.45, 7) is 6.54. The van der Waals surface area contributed by atoms with Gasteiger partial charge in [0, 0.05) is 65.6 Å². The van der Waals surface area contributed by atoms with Crippen LogP contribution in [0, 0.1) is 5.92 Å². The molecule has 0 bridgehead atoms. The lowest BCUT2D eigenvalue weighted by atomic mass is 9.82. The van der Waals surface area contributed by atoms with Crippen molar-refractivity contribution in [3.63, 3.8) is 0 Å². The number of carbonyl (C=O) groups is 2. The zero-order valence-corrected chi connectivity index (χ0v) is 30.3. The Balaban J connectivity index is 1.15. The van der Waals surface area contributed by atoms with Crippen LogP contribution in [0.3, 0.4) is 0 Å². The van der Waals surface area contributed by atoms with Crippen LogP contribution in [0.5, 0.6) is 5.75 Å². The predicted molar refractivity (Wildman–Crippen MR) is 196 cm³/mol. The monoisotopic (exact) mass is 708 g/mol. The number of aromatic amines is 1. The van der Waals surface area contributed by atoms with Gasteiger partial charge in [-0.1, -0.05) is 42.5 Å². The fourth-order valence-corrected chi connectivity index (χ4v) is 10.7. The van der Waals surface area contributed by atoms with E-state index in [-0.39, 0.29) is 42.8 Å². The average Bonchev–Trinajstić information content (AvgIpc) is 3.86. The largest absolute Gasteiger partial charge is 0.497 e. The summed E-state index contributed by atoms with van der Waals surface area (Å²) in [5.74, 6) is -0.0581. The second kappa shape index (κ2) is 13.7. The summed E-state index contributed by atoms with van der Waals surface area (Å²) in [6, 6.07) is 21.1. The summed E-state index contributed by atoms with van der Waals surface area (Å²) in [5, 5.41) is 21.7. The number of nitrogens with zero attached hydrogens (tertiary/aromatic N) is 4. The van der Waals surface area contributed by atoms with Crippen LogP contribution in [0.4, 0.5) is 11.4 Å². The topological polar surface area (TPSA) is 155 Å². The fraction of sp³-hybridized carbons (Fsp3) is 0.368. The minimum absolute atomic E-state index is 0.0109. The highest BCUT2D eigenvalue weighted by Crippen LogP contribution is 2.60. The van der Waals surface area contributed by atoms with Crippen molar-refractivity contribution in [2.75, 3.05) is 23.9 Å². The SMILES string of the molecule is COc1ccc2c(c1)[C@@]1(O[C@H](CCn3cc(CCO)nn3)[C@@H]([Si](C)(C)O)[C@@H]1C)C(=O)N2Cc1cccc(NC(=O)Cc2c[nH]c3ccccc23)c1. The maximum absolute atomic E-state index is 14.9. The second-order valence-electron chi connectivity index (χ2n) is 14.2. The summed E-state index contributed by atoms with van der Waals surface area (Å²) >= 11 is 0. The molecule has 4 N–H and O–H groups in total. The van der Waals surface area contributed by atoms with Gasteiger partial charge in [-0.05, 0) is 67.0 Å². The van der Waals surface area contributed by atoms with Crippen molar-refractivity contribution in [3.05, 3.63) is 102 Å². The van der Waals surface area contributed by atoms with Crippen molar-refractivity contribution in [1.29, 1.82) is 0 Å². The Morgan fingerprint density at radius 2 is 1.96 bits per heavy atom. The number of ether oxygens (including phenoxy) is 2. The van der Waals surface area contributed by atoms with Crippen LogP contribution in [0.1, 0.15) is 35.7 Å². The van der Waals surface area contributed by atoms with Gasteiger partial charge in [0.25, 0.3) is 5.91 Å². The van der Waals surface area contributed by atoms with Gasteiger partial charge in [0.2, 0.25) is 5.91 Å². The number of H-pyrrole nitrogens is 1. The molecule has 1 saturated heterocycles. The number of benzene rings is 3. The molecule has 0 unspecified atom stereocenters. The van der Waals surface area contributed by atoms with Gasteiger partial charge in [-0.25, -0.2) is 0 Å². The number of para-hydroxylation sites is 1. The molecular weight excluding hydrogens is 665 g/mol. The Morgan fingerprint density at radius 1 is 1.14 bits per heavy atom. The number of fused-ring (bicyclic) bond motifs is 3.